The van der Waals surface area contributed by atoms with Crippen LogP contribution in [-0.2, 0) is 4.79 Å². The van der Waals surface area contributed by atoms with E-state index in [1.165, 1.54) is 11.8 Å². The van der Waals surface area contributed by atoms with Crippen LogP contribution in [0, 0.1) is 0 Å². The highest BCUT2D eigenvalue weighted by Gasteiger charge is 2.18. The van der Waals surface area contributed by atoms with E-state index < -0.39 is 0 Å². The summed E-state index contributed by atoms with van der Waals surface area (Å²) in [4.78, 5) is 12.5. The Morgan fingerprint density at radius 3 is 2.29 bits per heavy atom. The molecule has 1 amide bonds. The number of benzene rings is 3. The van der Waals surface area contributed by atoms with E-state index in [1.54, 1.807) is 31.4 Å². The van der Waals surface area contributed by atoms with Crippen molar-refractivity contribution in [2.24, 2.45) is 0 Å². The monoisotopic (exact) mass is 494 g/mol. The Bertz CT molecular complexity index is 1240. The van der Waals surface area contributed by atoms with E-state index in [4.69, 9.17) is 21.1 Å². The number of ether oxygens (including phenoxy) is 2. The smallest absolute Gasteiger partial charge is 0.234 e. The van der Waals surface area contributed by atoms with Gasteiger partial charge in [-0.1, -0.05) is 23.4 Å². The first-order valence-electron chi connectivity index (χ1n) is 10.6. The number of nitrogens with one attached hydrogen (secondary N) is 1. The van der Waals surface area contributed by atoms with Gasteiger partial charge >= 0.3 is 0 Å². The number of carbonyl (C=O) groups is 1. The Hall–Kier alpha value is -3.49. The molecule has 0 aliphatic rings. The van der Waals surface area contributed by atoms with Crippen LogP contribution in [0.25, 0.3) is 17.1 Å². The normalized spacial score (nSPS) is 10.7. The summed E-state index contributed by atoms with van der Waals surface area (Å²) in [5, 5.41) is 12.9. The molecule has 4 rings (SSSR count). The van der Waals surface area contributed by atoms with Gasteiger partial charge in [-0.2, -0.15) is 0 Å². The maximum atomic E-state index is 12.5. The fourth-order valence-corrected chi connectivity index (χ4v) is 4.12. The van der Waals surface area contributed by atoms with E-state index in [9.17, 15) is 4.79 Å². The van der Waals surface area contributed by atoms with Crippen molar-refractivity contribution in [1.82, 2.24) is 14.8 Å². The maximum Gasteiger partial charge on any atom is 0.234 e. The summed E-state index contributed by atoms with van der Waals surface area (Å²) >= 11 is 7.22. The number of nitrogens with zero attached hydrogens (tertiary/aromatic N) is 3. The summed E-state index contributed by atoms with van der Waals surface area (Å²) in [6.45, 7) is 2.53. The molecule has 0 saturated heterocycles. The molecular formula is C25H23ClN4O3S. The number of methoxy groups -OCH3 is 1. The lowest BCUT2D eigenvalue weighted by Crippen LogP contribution is -2.14. The number of hydrogen-bond donors (Lipinski definition) is 1. The van der Waals surface area contributed by atoms with Gasteiger partial charge in [-0.05, 0) is 79.7 Å². The molecule has 1 aromatic heterocycles. The van der Waals surface area contributed by atoms with Crippen molar-refractivity contribution < 1.29 is 14.3 Å². The average molecular weight is 495 g/mol. The first-order valence-corrected chi connectivity index (χ1v) is 11.9. The van der Waals surface area contributed by atoms with Gasteiger partial charge in [-0.3, -0.25) is 9.36 Å². The van der Waals surface area contributed by atoms with Crippen molar-refractivity contribution in [1.29, 1.82) is 0 Å². The largest absolute Gasteiger partial charge is 0.497 e. The predicted octanol–water partition coefficient (Wildman–Crippen LogP) is 5.73. The molecule has 0 radical (unpaired) electrons. The van der Waals surface area contributed by atoms with Crippen molar-refractivity contribution in [3.8, 4) is 28.6 Å². The second kappa shape index (κ2) is 11.1. The Labute approximate surface area is 207 Å². The van der Waals surface area contributed by atoms with Crippen LogP contribution < -0.4 is 14.8 Å². The fraction of sp³-hybridized carbons (Fsp3) is 0.160. The van der Waals surface area contributed by atoms with E-state index in [0.717, 1.165) is 22.7 Å². The highest BCUT2D eigenvalue weighted by molar-refractivity contribution is 7.99. The number of rotatable bonds is 9. The van der Waals surface area contributed by atoms with Gasteiger partial charge in [-0.15, -0.1) is 10.2 Å². The molecule has 7 nitrogen and oxygen atoms in total. The molecule has 34 heavy (non-hydrogen) atoms. The van der Waals surface area contributed by atoms with Gasteiger partial charge in [0, 0.05) is 22.0 Å². The van der Waals surface area contributed by atoms with Crippen LogP contribution in [0.4, 0.5) is 5.69 Å². The summed E-state index contributed by atoms with van der Waals surface area (Å²) in [5.74, 6) is 2.21. The lowest BCUT2D eigenvalue weighted by molar-refractivity contribution is -0.113. The molecule has 1 N–H and O–H groups in total. The van der Waals surface area contributed by atoms with Crippen LogP contribution in [0.1, 0.15) is 6.92 Å². The molecule has 0 spiro atoms. The zero-order valence-corrected chi connectivity index (χ0v) is 20.3. The van der Waals surface area contributed by atoms with Crippen LogP contribution in [0.3, 0.4) is 0 Å². The van der Waals surface area contributed by atoms with Crippen molar-refractivity contribution in [2.45, 2.75) is 12.1 Å². The van der Waals surface area contributed by atoms with Crippen molar-refractivity contribution in [3.63, 3.8) is 0 Å². The molecular weight excluding hydrogens is 472 g/mol. The molecule has 0 fully saturated rings. The molecule has 0 saturated carbocycles. The van der Waals surface area contributed by atoms with Crippen LogP contribution in [0.2, 0.25) is 5.02 Å². The van der Waals surface area contributed by atoms with Crippen LogP contribution in [-0.4, -0.2) is 40.1 Å². The topological polar surface area (TPSA) is 78.3 Å². The molecule has 9 heteroatoms. The second-order valence-electron chi connectivity index (χ2n) is 7.14. The van der Waals surface area contributed by atoms with Gasteiger partial charge in [0.05, 0.1) is 19.5 Å². The first kappa shape index (κ1) is 23.7. The fourth-order valence-electron chi connectivity index (χ4n) is 3.24. The van der Waals surface area contributed by atoms with Crippen LogP contribution in [0.5, 0.6) is 11.5 Å². The molecule has 0 aliphatic heterocycles. The minimum absolute atomic E-state index is 0.153. The van der Waals surface area contributed by atoms with E-state index >= 15 is 0 Å². The van der Waals surface area contributed by atoms with E-state index in [-0.39, 0.29) is 11.7 Å². The molecule has 4 aromatic rings. The summed E-state index contributed by atoms with van der Waals surface area (Å²) in [6, 6.07) is 22.3. The van der Waals surface area contributed by atoms with Gasteiger partial charge in [0.15, 0.2) is 11.0 Å². The Balaban J connectivity index is 1.60. The third kappa shape index (κ3) is 5.70. The Morgan fingerprint density at radius 2 is 1.65 bits per heavy atom. The van der Waals surface area contributed by atoms with Crippen molar-refractivity contribution >= 4 is 35.0 Å². The summed E-state index contributed by atoms with van der Waals surface area (Å²) < 4.78 is 12.8. The van der Waals surface area contributed by atoms with Gasteiger partial charge in [0.2, 0.25) is 5.91 Å². The zero-order valence-electron chi connectivity index (χ0n) is 18.7. The number of aromatic nitrogens is 3. The number of thioether (sulfide) groups is 1. The quantitative estimate of drug-likeness (QED) is 0.299. The standard InChI is InChI=1S/C25H23ClN4O3S/c1-3-33-22-14-10-20(11-15-22)30-24(17-4-12-21(32-2)13-5-17)28-29-25(30)34-16-23(31)27-19-8-6-18(26)7-9-19/h4-15H,3,16H2,1-2H3,(H,27,31). The molecule has 0 atom stereocenters. The first-order chi connectivity index (χ1) is 16.6. The highest BCUT2D eigenvalue weighted by Crippen LogP contribution is 2.30. The third-order valence-corrected chi connectivity index (χ3v) is 6.03. The van der Waals surface area contributed by atoms with Crippen LogP contribution in [0.15, 0.2) is 78.0 Å². The predicted molar refractivity (Wildman–Crippen MR) is 135 cm³/mol. The Kier molecular flexibility index (Phi) is 7.72. The lowest BCUT2D eigenvalue weighted by Gasteiger charge is -2.12. The Morgan fingerprint density at radius 1 is 0.971 bits per heavy atom. The minimum Gasteiger partial charge on any atom is -0.497 e. The van der Waals surface area contributed by atoms with E-state index in [2.05, 4.69) is 15.5 Å². The van der Waals surface area contributed by atoms with Gasteiger partial charge in [-0.25, -0.2) is 0 Å². The molecule has 0 unspecified atom stereocenters. The van der Waals surface area contributed by atoms with Gasteiger partial charge in [0.25, 0.3) is 0 Å². The van der Waals surface area contributed by atoms with E-state index in [0.29, 0.717) is 28.3 Å². The molecule has 174 valence electrons. The SMILES string of the molecule is CCOc1ccc(-n2c(SCC(=O)Nc3ccc(Cl)cc3)nnc2-c2ccc(OC)cc2)cc1. The van der Waals surface area contributed by atoms with E-state index in [1.807, 2.05) is 60.0 Å². The lowest BCUT2D eigenvalue weighted by atomic mass is 10.2. The summed E-state index contributed by atoms with van der Waals surface area (Å²) in [5.41, 5.74) is 2.42. The van der Waals surface area contributed by atoms with Gasteiger partial charge in [0.1, 0.15) is 11.5 Å². The van der Waals surface area contributed by atoms with Crippen molar-refractivity contribution in [3.05, 3.63) is 77.8 Å². The zero-order chi connectivity index (χ0) is 23.9. The molecule has 0 aliphatic carbocycles. The average Bonchev–Trinajstić information content (AvgIpc) is 3.29. The number of hydrogen-bond acceptors (Lipinski definition) is 6. The third-order valence-electron chi connectivity index (χ3n) is 4.85. The molecule has 3 aromatic carbocycles. The molecule has 1 heterocycles. The van der Waals surface area contributed by atoms with Crippen molar-refractivity contribution in [2.75, 3.05) is 24.8 Å². The van der Waals surface area contributed by atoms with Gasteiger partial charge < -0.3 is 14.8 Å². The second-order valence-corrected chi connectivity index (χ2v) is 8.52. The summed E-state index contributed by atoms with van der Waals surface area (Å²) in [6.07, 6.45) is 0. The number of carbonyl (C=O) groups excluding carboxylic acids is 1. The minimum atomic E-state index is -0.153. The number of halogens is 1. The maximum absolute atomic E-state index is 12.5. The number of amides is 1. The van der Waals surface area contributed by atoms with Crippen LogP contribution >= 0.6 is 23.4 Å². The molecule has 0 bridgehead atoms. The highest BCUT2D eigenvalue weighted by atomic mass is 35.5. The number of anilines is 1. The summed E-state index contributed by atoms with van der Waals surface area (Å²) in [7, 11) is 1.63.